The van der Waals surface area contributed by atoms with Crippen molar-refractivity contribution in [2.24, 2.45) is 0 Å². The summed E-state index contributed by atoms with van der Waals surface area (Å²) in [5, 5.41) is 0. The molecule has 1 heterocycles. The summed E-state index contributed by atoms with van der Waals surface area (Å²) >= 11 is 0. The molecule has 0 saturated carbocycles. The lowest BCUT2D eigenvalue weighted by atomic mass is 9.99. The van der Waals surface area contributed by atoms with Crippen molar-refractivity contribution >= 4 is 5.78 Å². The van der Waals surface area contributed by atoms with Crippen LogP contribution < -0.4 is 0 Å². The minimum atomic E-state index is -0.467. The van der Waals surface area contributed by atoms with Crippen molar-refractivity contribution in [2.75, 3.05) is 0 Å². The summed E-state index contributed by atoms with van der Waals surface area (Å²) in [6, 6.07) is 0. The van der Waals surface area contributed by atoms with Crippen LogP contribution >= 0.6 is 0 Å². The van der Waals surface area contributed by atoms with Crippen molar-refractivity contribution < 1.29 is 14.3 Å². The third kappa shape index (κ3) is 1.60. The lowest BCUT2D eigenvalue weighted by molar-refractivity contribution is -0.129. The summed E-state index contributed by atoms with van der Waals surface area (Å²) in [7, 11) is 0. The first-order valence-corrected chi connectivity index (χ1v) is 3.77. The Balaban J connectivity index is 2.74. The zero-order valence-electron chi connectivity index (χ0n) is 7.38. The van der Waals surface area contributed by atoms with E-state index in [-0.39, 0.29) is 12.1 Å². The fraction of sp³-hybridized carbons (Fsp3) is 0.875. The number of hydrogen-bond acceptors (Lipinski definition) is 3. The van der Waals surface area contributed by atoms with Crippen LogP contribution in [0.1, 0.15) is 27.7 Å². The molecule has 0 amide bonds. The van der Waals surface area contributed by atoms with E-state index in [0.29, 0.717) is 0 Å². The highest BCUT2D eigenvalue weighted by atomic mass is 16.7. The molecule has 3 nitrogen and oxygen atoms in total. The summed E-state index contributed by atoms with van der Waals surface area (Å²) in [4.78, 5) is 11.0. The minimum absolute atomic E-state index is 0.0272. The van der Waals surface area contributed by atoms with E-state index < -0.39 is 11.7 Å². The van der Waals surface area contributed by atoms with Crippen LogP contribution in [0.2, 0.25) is 0 Å². The van der Waals surface area contributed by atoms with Crippen molar-refractivity contribution in [1.29, 1.82) is 0 Å². The largest absolute Gasteiger partial charge is 0.344 e. The van der Waals surface area contributed by atoms with E-state index in [1.54, 1.807) is 6.92 Å². The van der Waals surface area contributed by atoms with E-state index in [0.717, 1.165) is 0 Å². The predicted octanol–water partition coefficient (Wildman–Crippen LogP) is 1.12. The van der Waals surface area contributed by atoms with Crippen molar-refractivity contribution in [2.45, 2.75) is 45.7 Å². The van der Waals surface area contributed by atoms with Crippen LogP contribution in [0.4, 0.5) is 0 Å². The topological polar surface area (TPSA) is 35.5 Å². The van der Waals surface area contributed by atoms with Crippen molar-refractivity contribution in [3.05, 3.63) is 0 Å². The average molecular weight is 158 g/mol. The Morgan fingerprint density at radius 1 is 1.45 bits per heavy atom. The molecule has 1 saturated heterocycles. The van der Waals surface area contributed by atoms with E-state index >= 15 is 0 Å². The lowest BCUT2D eigenvalue weighted by Gasteiger charge is -2.20. The Kier molecular flexibility index (Phi) is 2.03. The highest BCUT2D eigenvalue weighted by Gasteiger charge is 2.43. The first-order valence-electron chi connectivity index (χ1n) is 3.77. The van der Waals surface area contributed by atoms with Crippen molar-refractivity contribution in [1.82, 2.24) is 0 Å². The van der Waals surface area contributed by atoms with Gasteiger partial charge in [0.1, 0.15) is 6.10 Å². The van der Waals surface area contributed by atoms with Gasteiger partial charge in [0.25, 0.3) is 0 Å². The molecule has 0 bridgehead atoms. The Morgan fingerprint density at radius 3 is 2.18 bits per heavy atom. The normalized spacial score (nSPS) is 35.6. The van der Waals surface area contributed by atoms with Gasteiger partial charge in [-0.15, -0.1) is 0 Å². The summed E-state index contributed by atoms with van der Waals surface area (Å²) in [5.41, 5.74) is -0.467. The van der Waals surface area contributed by atoms with E-state index in [4.69, 9.17) is 9.47 Å². The second-order valence-electron chi connectivity index (χ2n) is 3.42. The molecule has 64 valence electrons. The van der Waals surface area contributed by atoms with E-state index in [1.807, 2.05) is 13.8 Å². The Bertz CT molecular complexity index is 174. The van der Waals surface area contributed by atoms with Crippen LogP contribution in [0.15, 0.2) is 0 Å². The first-order chi connectivity index (χ1) is 4.93. The maximum Gasteiger partial charge on any atom is 0.161 e. The van der Waals surface area contributed by atoms with Gasteiger partial charge in [-0.25, -0.2) is 0 Å². The van der Waals surface area contributed by atoms with Gasteiger partial charge in [0.15, 0.2) is 12.1 Å². The van der Waals surface area contributed by atoms with Gasteiger partial charge in [-0.3, -0.25) is 4.79 Å². The molecule has 0 aromatic heterocycles. The summed E-state index contributed by atoms with van der Waals surface area (Å²) in [5.74, 6) is 0.0272. The first kappa shape index (κ1) is 8.68. The number of ether oxygens (including phenoxy) is 2. The summed E-state index contributed by atoms with van der Waals surface area (Å²) in [6.45, 7) is 7.05. The van der Waals surface area contributed by atoms with Gasteiger partial charge in [-0.2, -0.15) is 0 Å². The quantitative estimate of drug-likeness (QED) is 0.573. The zero-order chi connectivity index (χ0) is 8.65. The molecule has 0 aromatic rings. The number of carbonyl (C=O) groups excluding carboxylic acids is 1. The minimum Gasteiger partial charge on any atom is -0.344 e. The van der Waals surface area contributed by atoms with Gasteiger partial charge >= 0.3 is 0 Å². The van der Waals surface area contributed by atoms with Crippen LogP contribution in [0.3, 0.4) is 0 Å². The van der Waals surface area contributed by atoms with Gasteiger partial charge in [0, 0.05) is 0 Å². The number of hydrogen-bond donors (Lipinski definition) is 0. The Hall–Kier alpha value is -0.410. The smallest absolute Gasteiger partial charge is 0.161 e. The van der Waals surface area contributed by atoms with Gasteiger partial charge in [0.2, 0.25) is 0 Å². The van der Waals surface area contributed by atoms with E-state index in [1.165, 1.54) is 6.92 Å². The SMILES string of the molecule is CC(=O)C1OC(C)OC1(C)C. The Morgan fingerprint density at radius 2 is 2.00 bits per heavy atom. The highest BCUT2D eigenvalue weighted by Crippen LogP contribution is 2.29. The molecule has 1 aliphatic heterocycles. The van der Waals surface area contributed by atoms with Crippen LogP contribution in [-0.4, -0.2) is 23.8 Å². The van der Waals surface area contributed by atoms with Gasteiger partial charge < -0.3 is 9.47 Å². The zero-order valence-corrected chi connectivity index (χ0v) is 7.38. The molecular weight excluding hydrogens is 144 g/mol. The molecule has 2 atom stereocenters. The maximum absolute atomic E-state index is 11.0. The fourth-order valence-electron chi connectivity index (χ4n) is 1.46. The van der Waals surface area contributed by atoms with Crippen LogP contribution in [0, 0.1) is 0 Å². The van der Waals surface area contributed by atoms with Gasteiger partial charge in [0.05, 0.1) is 5.60 Å². The lowest BCUT2D eigenvalue weighted by Crippen LogP contribution is -2.37. The number of Topliss-reactive ketones (excluding diaryl/α,β-unsaturated/α-hetero) is 1. The average Bonchev–Trinajstić information content (AvgIpc) is 2.04. The van der Waals surface area contributed by atoms with E-state index in [9.17, 15) is 4.79 Å². The molecule has 1 rings (SSSR count). The molecule has 1 fully saturated rings. The Labute approximate surface area is 66.7 Å². The van der Waals surface area contributed by atoms with Crippen LogP contribution in [0.5, 0.6) is 0 Å². The van der Waals surface area contributed by atoms with E-state index in [2.05, 4.69) is 0 Å². The summed E-state index contributed by atoms with van der Waals surface area (Å²) in [6.07, 6.45) is -0.670. The third-order valence-electron chi connectivity index (χ3n) is 1.80. The number of ketones is 1. The monoisotopic (exact) mass is 158 g/mol. The number of rotatable bonds is 1. The molecule has 0 spiro atoms. The molecule has 3 heteroatoms. The molecule has 0 radical (unpaired) electrons. The summed E-state index contributed by atoms with van der Waals surface area (Å²) < 4.78 is 10.6. The molecule has 0 N–H and O–H groups in total. The molecule has 11 heavy (non-hydrogen) atoms. The standard InChI is InChI=1S/C8H14O3/c1-5(9)7-8(3,4)11-6(2)10-7/h6-7H,1-4H3. The fourth-order valence-corrected chi connectivity index (χ4v) is 1.46. The molecule has 0 aliphatic carbocycles. The van der Waals surface area contributed by atoms with Crippen molar-refractivity contribution in [3.63, 3.8) is 0 Å². The number of carbonyl (C=O) groups is 1. The molecule has 0 aromatic carbocycles. The van der Waals surface area contributed by atoms with Gasteiger partial charge in [-0.1, -0.05) is 0 Å². The van der Waals surface area contributed by atoms with Crippen molar-refractivity contribution in [3.8, 4) is 0 Å². The molecular formula is C8H14O3. The third-order valence-corrected chi connectivity index (χ3v) is 1.80. The molecule has 2 unspecified atom stereocenters. The second-order valence-corrected chi connectivity index (χ2v) is 3.42. The van der Waals surface area contributed by atoms with Crippen LogP contribution in [0.25, 0.3) is 0 Å². The maximum atomic E-state index is 11.0. The predicted molar refractivity (Wildman–Crippen MR) is 40.2 cm³/mol. The molecule has 1 aliphatic rings. The highest BCUT2D eigenvalue weighted by molar-refractivity contribution is 5.82. The van der Waals surface area contributed by atoms with Gasteiger partial charge in [-0.05, 0) is 27.7 Å². The van der Waals surface area contributed by atoms with Crippen LogP contribution in [-0.2, 0) is 14.3 Å². The second kappa shape index (κ2) is 2.57.